The number of benzene rings is 1. The highest BCUT2D eigenvalue weighted by molar-refractivity contribution is 5.81. The van der Waals surface area contributed by atoms with Gasteiger partial charge in [-0.15, -0.1) is 0 Å². The monoisotopic (exact) mass is 420 g/mol. The van der Waals surface area contributed by atoms with Crippen molar-refractivity contribution in [3.05, 3.63) is 53.6 Å². The number of anilines is 1. The minimum absolute atomic E-state index is 0.259. The van der Waals surface area contributed by atoms with Crippen molar-refractivity contribution in [1.29, 1.82) is 0 Å². The number of hydrogen-bond acceptors (Lipinski definition) is 6. The molecule has 0 bridgehead atoms. The molecule has 162 valence electrons. The Morgan fingerprint density at radius 1 is 1.19 bits per heavy atom. The molecule has 3 heterocycles. The van der Waals surface area contributed by atoms with Crippen molar-refractivity contribution in [1.82, 2.24) is 24.4 Å². The molecule has 8 nitrogen and oxygen atoms in total. The van der Waals surface area contributed by atoms with E-state index in [0.717, 1.165) is 17.6 Å². The molecule has 31 heavy (non-hydrogen) atoms. The van der Waals surface area contributed by atoms with Crippen LogP contribution in [0.3, 0.4) is 0 Å². The van der Waals surface area contributed by atoms with Crippen LogP contribution in [0.5, 0.6) is 0 Å². The van der Waals surface area contributed by atoms with Crippen molar-refractivity contribution < 1.29 is 9.53 Å². The Balaban J connectivity index is 1.44. The molecule has 0 saturated carbocycles. The average molecular weight is 421 g/mol. The Bertz CT molecular complexity index is 1140. The Labute approximate surface area is 181 Å². The molecule has 2 N–H and O–H groups in total. The van der Waals surface area contributed by atoms with Crippen LogP contribution in [0.4, 0.5) is 10.6 Å². The summed E-state index contributed by atoms with van der Waals surface area (Å²) in [5.41, 5.74) is 10.4. The van der Waals surface area contributed by atoms with Crippen molar-refractivity contribution in [3.8, 4) is 0 Å². The highest BCUT2D eigenvalue weighted by Crippen LogP contribution is 2.24. The molecule has 1 aliphatic rings. The molecular formula is C23H28N6O2. The standard InChI is InChI=1S/C23H28N6O2/c1-15-26-20(24)19-21(27-15)29(14-25-19)13-16-5-7-17(8-6-16)18-9-11-28(12-10-18)22(30)31-23(2,3)4/h5-9,14H,10-13H2,1-4H3,(H2,24,26,27). The second-order valence-electron chi connectivity index (χ2n) is 8.80. The highest BCUT2D eigenvalue weighted by Gasteiger charge is 2.23. The molecule has 1 aromatic carbocycles. The van der Waals surface area contributed by atoms with Gasteiger partial charge in [0.15, 0.2) is 11.5 Å². The van der Waals surface area contributed by atoms with E-state index >= 15 is 0 Å². The van der Waals surface area contributed by atoms with Gasteiger partial charge in [-0.1, -0.05) is 30.3 Å². The number of imidazole rings is 1. The summed E-state index contributed by atoms with van der Waals surface area (Å²) in [6, 6.07) is 8.47. The summed E-state index contributed by atoms with van der Waals surface area (Å²) in [7, 11) is 0. The first kappa shape index (κ1) is 20.8. The van der Waals surface area contributed by atoms with Crippen LogP contribution in [0.2, 0.25) is 0 Å². The Hall–Kier alpha value is -3.42. The van der Waals surface area contributed by atoms with Gasteiger partial charge >= 0.3 is 6.09 Å². The molecule has 0 atom stereocenters. The predicted octanol–water partition coefficient (Wildman–Crippen LogP) is 3.79. The van der Waals surface area contributed by atoms with Gasteiger partial charge in [0, 0.05) is 13.1 Å². The number of fused-ring (bicyclic) bond motifs is 1. The van der Waals surface area contributed by atoms with E-state index in [4.69, 9.17) is 10.5 Å². The van der Waals surface area contributed by atoms with Gasteiger partial charge in [0.2, 0.25) is 0 Å². The molecule has 0 aliphatic carbocycles. The Kier molecular flexibility index (Phi) is 5.39. The molecule has 8 heteroatoms. The molecule has 1 amide bonds. The molecule has 3 aromatic rings. The van der Waals surface area contributed by atoms with E-state index in [1.54, 1.807) is 11.2 Å². The SMILES string of the molecule is Cc1nc(N)c2ncn(Cc3ccc(C4=CCN(C(=O)OC(C)(C)C)CC4)cc3)c2n1. The van der Waals surface area contributed by atoms with Gasteiger partial charge in [0.25, 0.3) is 0 Å². The number of carbonyl (C=O) groups excluding carboxylic acids is 1. The zero-order valence-electron chi connectivity index (χ0n) is 18.4. The van der Waals surface area contributed by atoms with Crippen molar-refractivity contribution in [2.45, 2.75) is 46.3 Å². The molecule has 0 fully saturated rings. The quantitative estimate of drug-likeness (QED) is 0.692. The van der Waals surface area contributed by atoms with Crippen molar-refractivity contribution in [3.63, 3.8) is 0 Å². The number of aromatic nitrogens is 4. The first-order valence-electron chi connectivity index (χ1n) is 10.4. The van der Waals surface area contributed by atoms with Crippen molar-refractivity contribution >= 4 is 28.6 Å². The van der Waals surface area contributed by atoms with Crippen LogP contribution in [0.25, 0.3) is 16.7 Å². The lowest BCUT2D eigenvalue weighted by Crippen LogP contribution is -2.39. The molecule has 0 saturated heterocycles. The number of nitrogens with zero attached hydrogens (tertiary/aromatic N) is 5. The third-order valence-electron chi connectivity index (χ3n) is 5.14. The van der Waals surface area contributed by atoms with E-state index in [1.165, 1.54) is 11.1 Å². The smallest absolute Gasteiger partial charge is 0.410 e. The fraction of sp³-hybridized carbons (Fsp3) is 0.391. The van der Waals surface area contributed by atoms with E-state index in [1.807, 2.05) is 32.3 Å². The first-order valence-corrected chi connectivity index (χ1v) is 10.4. The van der Waals surface area contributed by atoms with Crippen LogP contribution in [0, 0.1) is 6.92 Å². The van der Waals surface area contributed by atoms with Crippen LogP contribution in [0.15, 0.2) is 36.7 Å². The van der Waals surface area contributed by atoms with Gasteiger partial charge in [0.05, 0.1) is 12.9 Å². The number of amides is 1. The summed E-state index contributed by atoms with van der Waals surface area (Å²) < 4.78 is 7.44. The maximum atomic E-state index is 12.2. The lowest BCUT2D eigenvalue weighted by molar-refractivity contribution is 0.0270. The second-order valence-corrected chi connectivity index (χ2v) is 8.80. The molecular weight excluding hydrogens is 392 g/mol. The lowest BCUT2D eigenvalue weighted by Gasteiger charge is -2.29. The predicted molar refractivity (Wildman–Crippen MR) is 120 cm³/mol. The number of aryl methyl sites for hydroxylation is 1. The van der Waals surface area contributed by atoms with E-state index in [2.05, 4.69) is 45.3 Å². The zero-order chi connectivity index (χ0) is 22.2. The molecule has 0 radical (unpaired) electrons. The number of hydrogen-bond donors (Lipinski definition) is 1. The minimum atomic E-state index is -0.478. The van der Waals surface area contributed by atoms with Crippen LogP contribution >= 0.6 is 0 Å². The molecule has 4 rings (SSSR count). The largest absolute Gasteiger partial charge is 0.444 e. The lowest BCUT2D eigenvalue weighted by atomic mass is 9.98. The zero-order valence-corrected chi connectivity index (χ0v) is 18.4. The van der Waals surface area contributed by atoms with Crippen molar-refractivity contribution in [2.24, 2.45) is 0 Å². The van der Waals surface area contributed by atoms with Crippen LogP contribution in [0.1, 0.15) is 44.1 Å². The highest BCUT2D eigenvalue weighted by atomic mass is 16.6. The second kappa shape index (κ2) is 8.02. The van der Waals surface area contributed by atoms with Gasteiger partial charge in [-0.25, -0.2) is 19.7 Å². The third kappa shape index (κ3) is 4.68. The summed E-state index contributed by atoms with van der Waals surface area (Å²) in [6.07, 6.45) is 4.40. The summed E-state index contributed by atoms with van der Waals surface area (Å²) in [4.78, 5) is 27.0. The topological polar surface area (TPSA) is 99.2 Å². The summed E-state index contributed by atoms with van der Waals surface area (Å²) in [6.45, 7) is 9.34. The van der Waals surface area contributed by atoms with Crippen LogP contribution < -0.4 is 5.73 Å². The van der Waals surface area contributed by atoms with Crippen LogP contribution in [-0.2, 0) is 11.3 Å². The maximum absolute atomic E-state index is 12.2. The third-order valence-corrected chi connectivity index (χ3v) is 5.14. The number of nitrogen functional groups attached to an aromatic ring is 1. The molecule has 1 aliphatic heterocycles. The fourth-order valence-electron chi connectivity index (χ4n) is 3.64. The number of rotatable bonds is 3. The van der Waals surface area contributed by atoms with E-state index < -0.39 is 5.60 Å². The molecule has 0 unspecified atom stereocenters. The summed E-state index contributed by atoms with van der Waals surface area (Å²) >= 11 is 0. The first-order chi connectivity index (χ1) is 14.7. The normalized spacial score (nSPS) is 14.6. The summed E-state index contributed by atoms with van der Waals surface area (Å²) in [5.74, 6) is 1.04. The number of nitrogens with two attached hydrogens (primary N) is 1. The average Bonchev–Trinajstić information content (AvgIpc) is 3.10. The van der Waals surface area contributed by atoms with Gasteiger partial charge in [-0.05, 0) is 50.8 Å². The Morgan fingerprint density at radius 2 is 1.94 bits per heavy atom. The fourth-order valence-corrected chi connectivity index (χ4v) is 3.64. The number of carbonyl (C=O) groups is 1. The van der Waals surface area contributed by atoms with E-state index in [-0.39, 0.29) is 6.09 Å². The minimum Gasteiger partial charge on any atom is -0.444 e. The van der Waals surface area contributed by atoms with E-state index in [0.29, 0.717) is 36.8 Å². The summed E-state index contributed by atoms with van der Waals surface area (Å²) in [5, 5.41) is 0. The van der Waals surface area contributed by atoms with Crippen LogP contribution in [-0.4, -0.2) is 49.2 Å². The molecule has 2 aromatic heterocycles. The van der Waals surface area contributed by atoms with Gasteiger partial charge < -0.3 is 19.9 Å². The van der Waals surface area contributed by atoms with Crippen molar-refractivity contribution in [2.75, 3.05) is 18.8 Å². The number of ether oxygens (including phenoxy) is 1. The van der Waals surface area contributed by atoms with Gasteiger partial charge in [-0.2, -0.15) is 0 Å². The maximum Gasteiger partial charge on any atom is 0.410 e. The Morgan fingerprint density at radius 3 is 2.58 bits per heavy atom. The van der Waals surface area contributed by atoms with Gasteiger partial charge in [-0.3, -0.25) is 0 Å². The molecule has 0 spiro atoms. The van der Waals surface area contributed by atoms with E-state index in [9.17, 15) is 4.79 Å². The van der Waals surface area contributed by atoms with Gasteiger partial charge in [0.1, 0.15) is 16.9 Å².